The normalized spacial score (nSPS) is 16.4. The molecule has 3 rings (SSSR count). The van der Waals surface area contributed by atoms with E-state index in [9.17, 15) is 24.0 Å². The number of alkyl carbamates (subject to hydrolysis) is 1. The third-order valence-corrected chi connectivity index (χ3v) is 5.70. The van der Waals surface area contributed by atoms with Gasteiger partial charge in [0, 0.05) is 31.2 Å². The topological polar surface area (TPSA) is 125 Å². The van der Waals surface area contributed by atoms with E-state index in [1.165, 1.54) is 11.0 Å². The van der Waals surface area contributed by atoms with Crippen LogP contribution in [0.15, 0.2) is 18.2 Å². The molecular weight excluding hydrogens is 452 g/mol. The van der Waals surface area contributed by atoms with Crippen molar-refractivity contribution in [1.82, 2.24) is 20.4 Å². The van der Waals surface area contributed by atoms with E-state index in [4.69, 9.17) is 4.74 Å². The van der Waals surface area contributed by atoms with Gasteiger partial charge in [-0.2, -0.15) is 0 Å². The molecule has 2 aliphatic heterocycles. The predicted octanol–water partition coefficient (Wildman–Crippen LogP) is 2.18. The lowest BCUT2D eigenvalue weighted by Gasteiger charge is -2.32. The summed E-state index contributed by atoms with van der Waals surface area (Å²) in [5.41, 5.74) is 0.310. The molecule has 0 saturated carbocycles. The number of imide groups is 1. The SMILES string of the molecule is CC(C)CN1C(=O)c2ccc(C(=O)N3CCC(NC(=O)CNC(=O)OC(C)(C)C)CC3)cc2C1=O. The fourth-order valence-electron chi connectivity index (χ4n) is 4.11. The lowest BCUT2D eigenvalue weighted by molar-refractivity contribution is -0.121. The lowest BCUT2D eigenvalue weighted by Crippen LogP contribution is -2.49. The number of likely N-dealkylation sites (tertiary alicyclic amines) is 1. The van der Waals surface area contributed by atoms with Gasteiger partial charge in [-0.05, 0) is 57.7 Å². The highest BCUT2D eigenvalue weighted by molar-refractivity contribution is 6.22. The molecular formula is C25H34N4O6. The molecule has 1 aromatic rings. The Labute approximate surface area is 205 Å². The molecule has 2 N–H and O–H groups in total. The zero-order valence-corrected chi connectivity index (χ0v) is 21.0. The van der Waals surface area contributed by atoms with E-state index >= 15 is 0 Å². The van der Waals surface area contributed by atoms with Crippen molar-refractivity contribution in [1.29, 1.82) is 0 Å². The van der Waals surface area contributed by atoms with Gasteiger partial charge in [0.2, 0.25) is 5.91 Å². The summed E-state index contributed by atoms with van der Waals surface area (Å²) in [5, 5.41) is 5.29. The number of ether oxygens (including phenoxy) is 1. The van der Waals surface area contributed by atoms with Crippen molar-refractivity contribution in [3.05, 3.63) is 34.9 Å². The van der Waals surface area contributed by atoms with Gasteiger partial charge in [0.25, 0.3) is 17.7 Å². The summed E-state index contributed by atoms with van der Waals surface area (Å²) >= 11 is 0. The van der Waals surface area contributed by atoms with Crippen molar-refractivity contribution in [3.63, 3.8) is 0 Å². The number of fused-ring (bicyclic) bond motifs is 1. The van der Waals surface area contributed by atoms with Gasteiger partial charge in [-0.15, -0.1) is 0 Å². The highest BCUT2D eigenvalue weighted by Gasteiger charge is 2.36. The van der Waals surface area contributed by atoms with Gasteiger partial charge < -0.3 is 20.3 Å². The summed E-state index contributed by atoms with van der Waals surface area (Å²) in [7, 11) is 0. The average Bonchev–Trinajstić information content (AvgIpc) is 3.00. The third kappa shape index (κ3) is 6.58. The lowest BCUT2D eigenvalue weighted by atomic mass is 10.0. The van der Waals surface area contributed by atoms with Crippen LogP contribution in [-0.4, -0.2) is 77.3 Å². The Morgan fingerprint density at radius 2 is 1.69 bits per heavy atom. The molecule has 0 aromatic heterocycles. The van der Waals surface area contributed by atoms with Gasteiger partial charge in [0.1, 0.15) is 12.1 Å². The van der Waals surface area contributed by atoms with Gasteiger partial charge in [-0.1, -0.05) is 13.8 Å². The maximum absolute atomic E-state index is 13.0. The number of nitrogens with one attached hydrogen (secondary N) is 2. The molecule has 0 unspecified atom stereocenters. The van der Waals surface area contributed by atoms with Gasteiger partial charge in [0.05, 0.1) is 11.1 Å². The first kappa shape index (κ1) is 26.2. The van der Waals surface area contributed by atoms with Crippen LogP contribution < -0.4 is 10.6 Å². The van der Waals surface area contributed by atoms with Gasteiger partial charge >= 0.3 is 6.09 Å². The van der Waals surface area contributed by atoms with Crippen LogP contribution in [0.1, 0.15) is 78.5 Å². The first-order chi connectivity index (χ1) is 16.4. The van der Waals surface area contributed by atoms with E-state index in [2.05, 4.69) is 10.6 Å². The molecule has 10 nitrogen and oxygen atoms in total. The fraction of sp³-hybridized carbons (Fsp3) is 0.560. The van der Waals surface area contributed by atoms with Gasteiger partial charge in [-0.25, -0.2) is 4.79 Å². The van der Waals surface area contributed by atoms with E-state index in [0.29, 0.717) is 43.6 Å². The Hall–Kier alpha value is -3.43. The van der Waals surface area contributed by atoms with Crippen LogP contribution in [0.2, 0.25) is 0 Å². The molecule has 0 atom stereocenters. The Kier molecular flexibility index (Phi) is 7.82. The van der Waals surface area contributed by atoms with Crippen LogP contribution in [0, 0.1) is 5.92 Å². The fourth-order valence-corrected chi connectivity index (χ4v) is 4.11. The van der Waals surface area contributed by atoms with E-state index in [1.54, 1.807) is 37.8 Å². The smallest absolute Gasteiger partial charge is 0.408 e. The maximum Gasteiger partial charge on any atom is 0.408 e. The van der Waals surface area contributed by atoms with Crippen molar-refractivity contribution < 1.29 is 28.7 Å². The van der Waals surface area contributed by atoms with E-state index < -0.39 is 11.7 Å². The number of benzene rings is 1. The number of piperidine rings is 1. The van der Waals surface area contributed by atoms with Crippen molar-refractivity contribution >= 4 is 29.7 Å². The summed E-state index contributed by atoms with van der Waals surface area (Å²) in [6.07, 6.45) is 0.470. The minimum atomic E-state index is -0.657. The second kappa shape index (κ2) is 10.5. The summed E-state index contributed by atoms with van der Waals surface area (Å²) < 4.78 is 5.11. The van der Waals surface area contributed by atoms with E-state index in [1.807, 2.05) is 13.8 Å². The summed E-state index contributed by atoms with van der Waals surface area (Å²) in [6, 6.07) is 4.53. The molecule has 35 heavy (non-hydrogen) atoms. The Morgan fingerprint density at radius 3 is 2.29 bits per heavy atom. The van der Waals surface area contributed by atoms with Gasteiger partial charge in [0.15, 0.2) is 0 Å². The molecule has 1 fully saturated rings. The molecule has 1 saturated heterocycles. The molecule has 190 valence electrons. The predicted molar refractivity (Wildman–Crippen MR) is 128 cm³/mol. The number of carbonyl (C=O) groups is 5. The Bertz CT molecular complexity index is 1020. The highest BCUT2D eigenvalue weighted by Crippen LogP contribution is 2.26. The number of nitrogens with zero attached hydrogens (tertiary/aromatic N) is 2. The maximum atomic E-state index is 13.0. The van der Waals surface area contributed by atoms with Crippen molar-refractivity contribution in [2.45, 2.75) is 59.1 Å². The average molecular weight is 487 g/mol. The summed E-state index contributed by atoms with van der Waals surface area (Å²) in [6.45, 7) is 10.1. The monoisotopic (exact) mass is 486 g/mol. The van der Waals surface area contributed by atoms with Crippen LogP contribution in [-0.2, 0) is 9.53 Å². The van der Waals surface area contributed by atoms with Crippen LogP contribution in [0.4, 0.5) is 4.79 Å². The molecule has 2 aliphatic rings. The molecule has 0 radical (unpaired) electrons. The quantitative estimate of drug-likeness (QED) is 0.594. The van der Waals surface area contributed by atoms with Crippen LogP contribution in [0.5, 0.6) is 0 Å². The number of carbonyl (C=O) groups excluding carboxylic acids is 5. The van der Waals surface area contributed by atoms with Crippen molar-refractivity contribution in [2.75, 3.05) is 26.2 Å². The zero-order chi connectivity index (χ0) is 25.9. The number of hydrogen-bond acceptors (Lipinski definition) is 6. The molecule has 10 heteroatoms. The number of hydrogen-bond donors (Lipinski definition) is 2. The second-order valence-corrected chi connectivity index (χ2v) is 10.4. The summed E-state index contributed by atoms with van der Waals surface area (Å²) in [4.78, 5) is 65.0. The van der Waals surface area contributed by atoms with Crippen LogP contribution in [0.3, 0.4) is 0 Å². The zero-order valence-electron chi connectivity index (χ0n) is 21.0. The Balaban J connectivity index is 1.51. The number of rotatable bonds is 6. The first-order valence-corrected chi connectivity index (χ1v) is 11.9. The molecule has 0 aliphatic carbocycles. The largest absolute Gasteiger partial charge is 0.444 e. The standard InChI is InChI=1S/C25H34N4O6/c1-15(2)14-29-22(32)18-7-6-16(12-19(18)23(29)33)21(31)28-10-8-17(9-11-28)27-20(30)13-26-24(34)35-25(3,4)5/h6-7,12,15,17H,8-11,13-14H2,1-5H3,(H,26,34)(H,27,30). The molecule has 0 bridgehead atoms. The van der Waals surface area contributed by atoms with Gasteiger partial charge in [-0.3, -0.25) is 24.1 Å². The minimum absolute atomic E-state index is 0.115. The Morgan fingerprint density at radius 1 is 1.06 bits per heavy atom. The third-order valence-electron chi connectivity index (χ3n) is 5.70. The molecule has 5 amide bonds. The van der Waals surface area contributed by atoms with Crippen LogP contribution >= 0.6 is 0 Å². The minimum Gasteiger partial charge on any atom is -0.444 e. The summed E-state index contributed by atoms with van der Waals surface area (Å²) in [5.74, 6) is -1.08. The first-order valence-electron chi connectivity index (χ1n) is 11.9. The van der Waals surface area contributed by atoms with E-state index in [0.717, 1.165) is 0 Å². The highest BCUT2D eigenvalue weighted by atomic mass is 16.6. The number of amides is 5. The van der Waals surface area contributed by atoms with Crippen LogP contribution in [0.25, 0.3) is 0 Å². The van der Waals surface area contributed by atoms with Crippen molar-refractivity contribution in [3.8, 4) is 0 Å². The van der Waals surface area contributed by atoms with Crippen molar-refractivity contribution in [2.24, 2.45) is 5.92 Å². The molecule has 2 heterocycles. The molecule has 1 aromatic carbocycles. The molecule has 0 spiro atoms. The second-order valence-electron chi connectivity index (χ2n) is 10.4. The van der Waals surface area contributed by atoms with E-state index in [-0.39, 0.29) is 47.7 Å².